The summed E-state index contributed by atoms with van der Waals surface area (Å²) in [6.45, 7) is 10.6. The molecule has 0 bridgehead atoms. The van der Waals surface area contributed by atoms with E-state index in [4.69, 9.17) is 14.2 Å². The molecular formula is C40H46F2N2O4. The van der Waals surface area contributed by atoms with Gasteiger partial charge in [-0.25, -0.2) is 13.6 Å². The summed E-state index contributed by atoms with van der Waals surface area (Å²) in [4.78, 5) is 17.9. The number of benzene rings is 4. The Morgan fingerprint density at radius 1 is 0.833 bits per heavy atom. The lowest BCUT2D eigenvalue weighted by atomic mass is 9.92. The predicted octanol–water partition coefficient (Wildman–Crippen LogP) is 8.54. The van der Waals surface area contributed by atoms with Crippen LogP contribution in [-0.2, 0) is 40.3 Å². The van der Waals surface area contributed by atoms with E-state index < -0.39 is 47.2 Å². The van der Waals surface area contributed by atoms with Gasteiger partial charge in [-0.1, -0.05) is 91.0 Å². The minimum absolute atomic E-state index is 0.185. The third kappa shape index (κ3) is 9.49. The summed E-state index contributed by atoms with van der Waals surface area (Å²) in [5.41, 5.74) is 1.83. The van der Waals surface area contributed by atoms with E-state index in [1.54, 1.807) is 4.90 Å². The molecule has 1 heterocycles. The summed E-state index contributed by atoms with van der Waals surface area (Å²) in [6.07, 6.45) is -0.942. The highest BCUT2D eigenvalue weighted by Gasteiger charge is 2.51. The van der Waals surface area contributed by atoms with Crippen LogP contribution in [0.25, 0.3) is 0 Å². The molecule has 1 aliphatic rings. The minimum atomic E-state index is -0.999. The first-order chi connectivity index (χ1) is 22.9. The lowest BCUT2D eigenvalue weighted by Gasteiger charge is -2.43. The molecule has 4 aromatic carbocycles. The SMILES string of the molecule is CC(C)(C)OC(=O)N1C(C(OCc2ccccc2)C(Cc2cc(F)cc(F)c2)N(Cc2ccccc2)Cc2ccccc2)COC1(C)C. The van der Waals surface area contributed by atoms with E-state index in [9.17, 15) is 13.6 Å². The summed E-state index contributed by atoms with van der Waals surface area (Å²) < 4.78 is 48.5. The molecule has 1 fully saturated rings. The highest BCUT2D eigenvalue weighted by Crippen LogP contribution is 2.35. The molecule has 1 amide bonds. The van der Waals surface area contributed by atoms with Gasteiger partial charge >= 0.3 is 6.09 Å². The third-order valence-electron chi connectivity index (χ3n) is 8.45. The average Bonchev–Trinajstić information content (AvgIpc) is 3.35. The fraction of sp³-hybridized carbons (Fsp3) is 0.375. The van der Waals surface area contributed by atoms with Gasteiger partial charge in [0.15, 0.2) is 0 Å². The highest BCUT2D eigenvalue weighted by atomic mass is 19.1. The van der Waals surface area contributed by atoms with Crippen LogP contribution in [-0.4, -0.2) is 52.0 Å². The number of carbonyl (C=O) groups is 1. The molecule has 254 valence electrons. The summed E-state index contributed by atoms with van der Waals surface area (Å²) >= 11 is 0. The van der Waals surface area contributed by atoms with Crippen LogP contribution in [0, 0.1) is 11.6 Å². The van der Waals surface area contributed by atoms with Crippen molar-refractivity contribution in [2.24, 2.45) is 0 Å². The van der Waals surface area contributed by atoms with Crippen LogP contribution in [0.3, 0.4) is 0 Å². The third-order valence-corrected chi connectivity index (χ3v) is 8.45. The average molecular weight is 657 g/mol. The van der Waals surface area contributed by atoms with E-state index in [1.807, 2.05) is 101 Å². The number of carbonyl (C=O) groups excluding carboxylic acids is 1. The maximum atomic E-state index is 14.7. The van der Waals surface area contributed by atoms with Crippen LogP contribution in [0.15, 0.2) is 109 Å². The Bertz CT molecular complexity index is 1550. The van der Waals surface area contributed by atoms with E-state index in [2.05, 4.69) is 29.2 Å². The van der Waals surface area contributed by atoms with Crippen molar-refractivity contribution < 1.29 is 27.8 Å². The van der Waals surface area contributed by atoms with Crippen molar-refractivity contribution in [2.45, 2.75) is 90.2 Å². The molecule has 0 saturated carbocycles. The van der Waals surface area contributed by atoms with Crippen molar-refractivity contribution in [3.8, 4) is 0 Å². The number of nitrogens with zero attached hydrogens (tertiary/aromatic N) is 2. The molecule has 0 spiro atoms. The van der Waals surface area contributed by atoms with Crippen LogP contribution >= 0.6 is 0 Å². The summed E-state index contributed by atoms with van der Waals surface area (Å²) in [5.74, 6) is -1.30. The fourth-order valence-electron chi connectivity index (χ4n) is 6.34. The molecule has 48 heavy (non-hydrogen) atoms. The molecule has 0 aromatic heterocycles. The van der Waals surface area contributed by atoms with Gasteiger partial charge in [-0.3, -0.25) is 9.80 Å². The summed E-state index contributed by atoms with van der Waals surface area (Å²) in [6, 6.07) is 32.5. The van der Waals surface area contributed by atoms with Gasteiger partial charge in [-0.2, -0.15) is 0 Å². The predicted molar refractivity (Wildman–Crippen MR) is 183 cm³/mol. The quantitative estimate of drug-likeness (QED) is 0.153. The van der Waals surface area contributed by atoms with Crippen molar-refractivity contribution in [3.63, 3.8) is 0 Å². The van der Waals surface area contributed by atoms with Crippen LogP contribution in [0.2, 0.25) is 0 Å². The van der Waals surface area contributed by atoms with Gasteiger partial charge in [0.05, 0.1) is 25.4 Å². The largest absolute Gasteiger partial charge is 0.444 e. The van der Waals surface area contributed by atoms with E-state index in [-0.39, 0.29) is 19.6 Å². The molecule has 1 saturated heterocycles. The van der Waals surface area contributed by atoms with Crippen LogP contribution in [0.5, 0.6) is 0 Å². The Kier molecular flexibility index (Phi) is 11.3. The zero-order chi connectivity index (χ0) is 34.3. The number of hydrogen-bond donors (Lipinski definition) is 0. The molecule has 8 heteroatoms. The van der Waals surface area contributed by atoms with Gasteiger partial charge < -0.3 is 14.2 Å². The summed E-state index contributed by atoms with van der Waals surface area (Å²) in [5, 5.41) is 0. The maximum absolute atomic E-state index is 14.7. The zero-order valence-corrected chi connectivity index (χ0v) is 28.4. The number of hydrogen-bond acceptors (Lipinski definition) is 5. The minimum Gasteiger partial charge on any atom is -0.444 e. The highest BCUT2D eigenvalue weighted by molar-refractivity contribution is 5.70. The molecule has 0 aliphatic carbocycles. The summed E-state index contributed by atoms with van der Waals surface area (Å²) in [7, 11) is 0. The Labute approximate surface area is 283 Å². The number of ether oxygens (including phenoxy) is 3. The molecule has 6 nitrogen and oxygen atoms in total. The van der Waals surface area contributed by atoms with Crippen molar-refractivity contribution in [2.75, 3.05) is 6.61 Å². The van der Waals surface area contributed by atoms with E-state index in [0.717, 1.165) is 22.8 Å². The van der Waals surface area contributed by atoms with Crippen LogP contribution in [0.4, 0.5) is 13.6 Å². The topological polar surface area (TPSA) is 51.2 Å². The Morgan fingerprint density at radius 2 is 1.33 bits per heavy atom. The van der Waals surface area contributed by atoms with E-state index in [1.165, 1.54) is 12.1 Å². The number of amides is 1. The van der Waals surface area contributed by atoms with E-state index in [0.29, 0.717) is 18.7 Å². The monoisotopic (exact) mass is 656 g/mol. The smallest absolute Gasteiger partial charge is 0.412 e. The Hall–Kier alpha value is -4.11. The van der Waals surface area contributed by atoms with E-state index >= 15 is 0 Å². The second-order valence-electron chi connectivity index (χ2n) is 13.9. The van der Waals surface area contributed by atoms with Gasteiger partial charge in [0.2, 0.25) is 0 Å². The molecule has 3 unspecified atom stereocenters. The molecule has 0 N–H and O–H groups in total. The van der Waals surface area contributed by atoms with Crippen molar-refractivity contribution in [1.29, 1.82) is 0 Å². The van der Waals surface area contributed by atoms with Gasteiger partial charge in [0.1, 0.15) is 23.0 Å². The molecular weight excluding hydrogens is 610 g/mol. The lowest BCUT2D eigenvalue weighted by Crippen LogP contribution is -2.59. The molecule has 1 aliphatic heterocycles. The maximum Gasteiger partial charge on any atom is 0.412 e. The Balaban J connectivity index is 1.64. The first-order valence-corrected chi connectivity index (χ1v) is 16.5. The molecule has 4 aromatic rings. The van der Waals surface area contributed by atoms with Gasteiger partial charge in [0.25, 0.3) is 0 Å². The number of rotatable bonds is 12. The van der Waals surface area contributed by atoms with Crippen molar-refractivity contribution in [3.05, 3.63) is 143 Å². The second kappa shape index (κ2) is 15.4. The van der Waals surface area contributed by atoms with Crippen LogP contribution < -0.4 is 0 Å². The van der Waals surface area contributed by atoms with Crippen LogP contribution in [0.1, 0.15) is 56.9 Å². The molecule has 5 rings (SSSR count). The standard InChI is InChI=1S/C40H46F2N2O4/c1-39(2,3)48-38(45)44-36(28-47-40(44,4)5)37(46-27-31-19-13-8-14-20-31)35(23-32-21-33(41)24-34(42)22-32)43(25-29-15-9-6-10-16-29)26-30-17-11-7-12-18-30/h6-22,24,35-37H,23,25-28H2,1-5H3. The Morgan fingerprint density at radius 3 is 1.83 bits per heavy atom. The lowest BCUT2D eigenvalue weighted by molar-refractivity contribution is -0.0897. The first-order valence-electron chi connectivity index (χ1n) is 16.5. The van der Waals surface area contributed by atoms with Gasteiger partial charge in [-0.15, -0.1) is 0 Å². The molecule has 0 radical (unpaired) electrons. The second-order valence-corrected chi connectivity index (χ2v) is 13.9. The normalized spacial score (nSPS) is 17.3. The van der Waals surface area contributed by atoms with Crippen molar-refractivity contribution in [1.82, 2.24) is 9.80 Å². The first kappa shape index (κ1) is 35.2. The molecule has 3 atom stereocenters. The van der Waals surface area contributed by atoms with Crippen molar-refractivity contribution >= 4 is 6.09 Å². The van der Waals surface area contributed by atoms with Gasteiger partial charge in [0, 0.05) is 25.2 Å². The van der Waals surface area contributed by atoms with Gasteiger partial charge in [-0.05, 0) is 75.4 Å². The fourth-order valence-corrected chi connectivity index (χ4v) is 6.34. The zero-order valence-electron chi connectivity index (χ0n) is 28.4. The number of halogens is 2.